The lowest BCUT2D eigenvalue weighted by Gasteiger charge is -2.25. The second-order valence-corrected chi connectivity index (χ2v) is 8.13. The van der Waals surface area contributed by atoms with E-state index in [1.807, 2.05) is 0 Å². The summed E-state index contributed by atoms with van der Waals surface area (Å²) < 4.78 is 0. The first-order valence-corrected chi connectivity index (χ1v) is 11.3. The van der Waals surface area contributed by atoms with Gasteiger partial charge in [-0.2, -0.15) is 0 Å². The monoisotopic (exact) mass is 518 g/mol. The fourth-order valence-electron chi connectivity index (χ4n) is 3.01. The van der Waals surface area contributed by atoms with Crippen molar-refractivity contribution in [3.63, 3.8) is 0 Å². The van der Waals surface area contributed by atoms with Crippen LogP contribution < -0.4 is 38.9 Å². The smallest absolute Gasteiger partial charge is 0.328 e. The highest BCUT2D eigenvalue weighted by molar-refractivity contribution is 5.94. The molecule has 0 aliphatic heterocycles. The van der Waals surface area contributed by atoms with Crippen LogP contribution in [0.3, 0.4) is 0 Å². The van der Waals surface area contributed by atoms with E-state index in [1.54, 1.807) is 0 Å². The van der Waals surface area contributed by atoms with E-state index in [0.717, 1.165) is 0 Å². The zero-order valence-corrected chi connectivity index (χ0v) is 20.2. The number of nitrogens with zero attached hydrogens (tertiary/aromatic N) is 1. The minimum atomic E-state index is -1.62. The summed E-state index contributed by atoms with van der Waals surface area (Å²) in [5.41, 5.74) is 21.6. The molecule has 14 N–H and O–H groups in total. The number of aliphatic hydroxyl groups is 1. The van der Waals surface area contributed by atoms with Gasteiger partial charge in [-0.05, 0) is 45.6 Å². The molecule has 0 heterocycles. The van der Waals surface area contributed by atoms with Crippen molar-refractivity contribution in [3.05, 3.63) is 0 Å². The molecule has 0 rings (SSSR count). The van der Waals surface area contributed by atoms with Crippen molar-refractivity contribution in [1.82, 2.24) is 16.0 Å². The third-order valence-corrected chi connectivity index (χ3v) is 4.94. The summed E-state index contributed by atoms with van der Waals surface area (Å²) in [6.07, 6.45) is -0.825. The van der Waals surface area contributed by atoms with Gasteiger partial charge in [-0.25, -0.2) is 4.79 Å². The number of unbranched alkanes of at least 4 members (excludes halogenated alkanes) is 1. The van der Waals surface area contributed by atoms with Crippen molar-refractivity contribution in [2.75, 3.05) is 13.1 Å². The van der Waals surface area contributed by atoms with Crippen LogP contribution in [-0.4, -0.2) is 94.3 Å². The SMILES string of the molecule is CC(O)C(NC(=O)C(CCCCN)NC(=O)C(CCCN=C(N)N)NC(=O)C(N)CC(=O)O)C(=O)O. The van der Waals surface area contributed by atoms with Gasteiger partial charge in [0.2, 0.25) is 17.7 Å². The Labute approximate surface area is 208 Å². The number of guanidine groups is 1. The van der Waals surface area contributed by atoms with Gasteiger partial charge in [0.05, 0.1) is 18.6 Å². The molecule has 0 aliphatic rings. The van der Waals surface area contributed by atoms with Crippen molar-refractivity contribution in [3.8, 4) is 0 Å². The molecule has 0 bridgehead atoms. The van der Waals surface area contributed by atoms with Gasteiger partial charge in [0.15, 0.2) is 12.0 Å². The van der Waals surface area contributed by atoms with Crippen molar-refractivity contribution < 1.29 is 39.3 Å². The lowest BCUT2D eigenvalue weighted by molar-refractivity contribution is -0.145. The number of hydrogen-bond donors (Lipinski definition) is 10. The fraction of sp³-hybridized carbons (Fsp3) is 0.700. The molecule has 0 spiro atoms. The Bertz CT molecular complexity index is 788. The third-order valence-electron chi connectivity index (χ3n) is 4.94. The summed E-state index contributed by atoms with van der Waals surface area (Å²) in [7, 11) is 0. The number of carboxylic acid groups (broad SMARTS) is 2. The number of nitrogens with two attached hydrogens (primary N) is 4. The summed E-state index contributed by atoms with van der Waals surface area (Å²) in [6.45, 7) is 1.63. The number of aliphatic imine (C=N–C) groups is 1. The van der Waals surface area contributed by atoms with E-state index in [-0.39, 0.29) is 31.8 Å². The molecule has 0 aromatic heterocycles. The molecule has 0 saturated heterocycles. The van der Waals surface area contributed by atoms with Gasteiger partial charge in [-0.3, -0.25) is 24.2 Å². The first-order chi connectivity index (χ1) is 16.8. The number of aliphatic carboxylic acids is 2. The van der Waals surface area contributed by atoms with E-state index >= 15 is 0 Å². The topological polar surface area (TPSA) is 299 Å². The van der Waals surface area contributed by atoms with E-state index in [0.29, 0.717) is 19.4 Å². The molecule has 5 unspecified atom stereocenters. The summed E-state index contributed by atoms with van der Waals surface area (Å²) >= 11 is 0. The van der Waals surface area contributed by atoms with Gasteiger partial charge in [0.25, 0.3) is 0 Å². The Morgan fingerprint density at radius 2 is 1.39 bits per heavy atom. The maximum atomic E-state index is 13.0. The number of rotatable bonds is 18. The van der Waals surface area contributed by atoms with Crippen molar-refractivity contribution in [1.29, 1.82) is 0 Å². The molecule has 16 nitrogen and oxygen atoms in total. The van der Waals surface area contributed by atoms with Gasteiger partial charge in [0, 0.05) is 6.54 Å². The number of amides is 3. The van der Waals surface area contributed by atoms with E-state index in [1.165, 1.54) is 6.92 Å². The molecule has 0 aromatic carbocycles. The Hall–Kier alpha value is -3.50. The van der Waals surface area contributed by atoms with E-state index in [9.17, 15) is 34.2 Å². The number of nitrogens with one attached hydrogen (secondary N) is 3. The van der Waals surface area contributed by atoms with Gasteiger partial charge in [-0.15, -0.1) is 0 Å². The van der Waals surface area contributed by atoms with Crippen LogP contribution in [0.25, 0.3) is 0 Å². The predicted octanol–water partition coefficient (Wildman–Crippen LogP) is -4.11. The van der Waals surface area contributed by atoms with E-state index in [4.69, 9.17) is 28.0 Å². The maximum Gasteiger partial charge on any atom is 0.328 e. The van der Waals surface area contributed by atoms with E-state index in [2.05, 4.69) is 20.9 Å². The average molecular weight is 519 g/mol. The normalized spacial score (nSPS) is 14.9. The van der Waals surface area contributed by atoms with Crippen LogP contribution in [0.1, 0.15) is 45.4 Å². The highest BCUT2D eigenvalue weighted by atomic mass is 16.4. The minimum absolute atomic E-state index is 0.0106. The number of carbonyl (C=O) groups is 5. The molecule has 0 saturated carbocycles. The van der Waals surface area contributed by atoms with Crippen molar-refractivity contribution in [2.24, 2.45) is 27.9 Å². The Morgan fingerprint density at radius 1 is 0.861 bits per heavy atom. The molecule has 16 heteroatoms. The Morgan fingerprint density at radius 3 is 1.86 bits per heavy atom. The lowest BCUT2D eigenvalue weighted by atomic mass is 10.0. The maximum absolute atomic E-state index is 13.0. The molecule has 5 atom stereocenters. The molecule has 0 radical (unpaired) electrons. The zero-order chi connectivity index (χ0) is 27.8. The largest absolute Gasteiger partial charge is 0.481 e. The minimum Gasteiger partial charge on any atom is -0.481 e. The Balaban J connectivity index is 5.63. The zero-order valence-electron chi connectivity index (χ0n) is 20.2. The van der Waals surface area contributed by atoms with Crippen molar-refractivity contribution in [2.45, 2.75) is 75.7 Å². The molecule has 0 aliphatic carbocycles. The molecule has 0 aromatic rings. The number of hydrogen-bond acceptors (Lipinski definition) is 9. The number of carboxylic acids is 2. The summed E-state index contributed by atoms with van der Waals surface area (Å²) in [4.78, 5) is 64.1. The average Bonchev–Trinajstić information content (AvgIpc) is 2.77. The van der Waals surface area contributed by atoms with Crippen LogP contribution in [0, 0.1) is 0 Å². The highest BCUT2D eigenvalue weighted by Gasteiger charge is 2.31. The lowest BCUT2D eigenvalue weighted by Crippen LogP contribution is -2.58. The standard InChI is InChI=1S/C20H38N8O8/c1-10(29)15(19(35)36)28-18(34)12(5-2-3-7-21)27-17(33)13(6-4-8-25-20(23)24)26-16(32)11(22)9-14(30)31/h10-13,15,29H,2-9,21-22H2,1H3,(H,26,32)(H,27,33)(H,28,34)(H,30,31)(H,35,36)(H4,23,24,25). The van der Waals surface area contributed by atoms with Gasteiger partial charge in [-0.1, -0.05) is 0 Å². The molecule has 36 heavy (non-hydrogen) atoms. The predicted molar refractivity (Wildman–Crippen MR) is 128 cm³/mol. The second-order valence-electron chi connectivity index (χ2n) is 8.13. The summed E-state index contributed by atoms with van der Waals surface area (Å²) in [5.74, 6) is -5.51. The first-order valence-electron chi connectivity index (χ1n) is 11.3. The molecule has 206 valence electrons. The summed E-state index contributed by atoms with van der Waals surface area (Å²) in [5, 5.41) is 34.7. The number of carbonyl (C=O) groups excluding carboxylic acids is 3. The Kier molecular flexibility index (Phi) is 15.4. The quantitative estimate of drug-likeness (QED) is 0.0470. The number of aliphatic hydroxyl groups excluding tert-OH is 1. The first kappa shape index (κ1) is 32.5. The van der Waals surface area contributed by atoms with Crippen LogP contribution >= 0.6 is 0 Å². The third kappa shape index (κ3) is 13.4. The van der Waals surface area contributed by atoms with Crippen LogP contribution in [0.2, 0.25) is 0 Å². The van der Waals surface area contributed by atoms with Gasteiger partial charge >= 0.3 is 11.9 Å². The van der Waals surface area contributed by atoms with Crippen LogP contribution in [0.4, 0.5) is 0 Å². The van der Waals surface area contributed by atoms with Crippen LogP contribution in [0.15, 0.2) is 4.99 Å². The molecule has 3 amide bonds. The van der Waals surface area contributed by atoms with Crippen LogP contribution in [0.5, 0.6) is 0 Å². The fourth-order valence-corrected chi connectivity index (χ4v) is 3.01. The molecular weight excluding hydrogens is 480 g/mol. The molecule has 0 fully saturated rings. The van der Waals surface area contributed by atoms with Crippen molar-refractivity contribution >= 4 is 35.6 Å². The van der Waals surface area contributed by atoms with E-state index < -0.39 is 66.4 Å². The summed E-state index contributed by atoms with van der Waals surface area (Å²) in [6, 6.07) is -5.49. The highest BCUT2D eigenvalue weighted by Crippen LogP contribution is 2.06. The van der Waals surface area contributed by atoms with Gasteiger partial charge < -0.3 is 54.2 Å². The van der Waals surface area contributed by atoms with Gasteiger partial charge in [0.1, 0.15) is 12.1 Å². The molecular formula is C20H38N8O8. The second kappa shape index (κ2) is 17.0. The van der Waals surface area contributed by atoms with Crippen LogP contribution in [-0.2, 0) is 24.0 Å².